The van der Waals surface area contributed by atoms with E-state index < -0.39 is 11.7 Å². The summed E-state index contributed by atoms with van der Waals surface area (Å²) in [6.45, 7) is 10.6. The van der Waals surface area contributed by atoms with Gasteiger partial charge in [-0.3, -0.25) is 14.5 Å². The number of nitrogens with zero attached hydrogens (tertiary/aromatic N) is 5. The lowest BCUT2D eigenvalue weighted by Crippen LogP contribution is -2.55. The van der Waals surface area contributed by atoms with Crippen LogP contribution in [0.1, 0.15) is 43.9 Å². The molecule has 2 fully saturated rings. The van der Waals surface area contributed by atoms with Gasteiger partial charge in [-0.1, -0.05) is 6.07 Å². The Morgan fingerprint density at radius 1 is 1.10 bits per heavy atom. The summed E-state index contributed by atoms with van der Waals surface area (Å²) in [4.78, 5) is 7.11. The van der Waals surface area contributed by atoms with E-state index in [1.807, 2.05) is 10.9 Å². The molecule has 1 aromatic heterocycles. The maximum absolute atomic E-state index is 13.0. The van der Waals surface area contributed by atoms with E-state index in [4.69, 9.17) is 0 Å². The topological polar surface area (TPSA) is 27.5 Å². The number of rotatable bonds is 5. The van der Waals surface area contributed by atoms with Gasteiger partial charge in [-0.15, -0.1) is 0 Å². The number of anilines is 1. The Morgan fingerprint density at radius 2 is 1.87 bits per heavy atom. The number of piperazine rings is 1. The number of likely N-dealkylation sites (tertiary alicyclic amines) is 1. The maximum Gasteiger partial charge on any atom is 0.416 e. The van der Waals surface area contributed by atoms with Crippen LogP contribution in [0, 0.1) is 0 Å². The van der Waals surface area contributed by atoms with E-state index in [2.05, 4.69) is 39.8 Å². The zero-order chi connectivity index (χ0) is 22.0. The van der Waals surface area contributed by atoms with Crippen molar-refractivity contribution < 1.29 is 13.2 Å². The number of halogens is 3. The number of piperidine rings is 1. The Hall–Kier alpha value is -2.06. The smallest absolute Gasteiger partial charge is 0.369 e. The van der Waals surface area contributed by atoms with Crippen LogP contribution in [-0.4, -0.2) is 64.9 Å². The monoisotopic (exact) mass is 435 g/mol. The summed E-state index contributed by atoms with van der Waals surface area (Å²) < 4.78 is 41.1. The Bertz CT molecular complexity index is 855. The van der Waals surface area contributed by atoms with E-state index in [9.17, 15) is 13.2 Å². The van der Waals surface area contributed by atoms with Crippen molar-refractivity contribution >= 4 is 5.69 Å². The van der Waals surface area contributed by atoms with Gasteiger partial charge in [-0.2, -0.15) is 18.3 Å². The Labute approximate surface area is 182 Å². The predicted molar refractivity (Wildman–Crippen MR) is 116 cm³/mol. The van der Waals surface area contributed by atoms with Gasteiger partial charge in [-0.25, -0.2) is 0 Å². The first-order valence-electron chi connectivity index (χ1n) is 11.2. The molecule has 1 aromatic carbocycles. The van der Waals surface area contributed by atoms with Gasteiger partial charge < -0.3 is 4.90 Å². The van der Waals surface area contributed by atoms with Gasteiger partial charge in [0.2, 0.25) is 0 Å². The molecule has 0 bridgehead atoms. The minimum absolute atomic E-state index is 0.371. The SMILES string of the molecule is CC(C)n1cc(CN2CCCC(N3CCN(c4cccc(C(F)(F)F)c4)CC3)C2)cn1. The van der Waals surface area contributed by atoms with E-state index in [0.29, 0.717) is 17.8 Å². The second-order valence-electron chi connectivity index (χ2n) is 9.02. The average Bonchev–Trinajstić information content (AvgIpc) is 3.22. The summed E-state index contributed by atoms with van der Waals surface area (Å²) in [5.41, 5.74) is 1.35. The molecule has 3 heterocycles. The zero-order valence-corrected chi connectivity index (χ0v) is 18.4. The molecule has 0 saturated carbocycles. The lowest BCUT2D eigenvalue weighted by atomic mass is 10.0. The van der Waals surface area contributed by atoms with E-state index in [0.717, 1.165) is 51.9 Å². The van der Waals surface area contributed by atoms with Gasteiger partial charge in [-0.05, 0) is 51.4 Å². The normalized spacial score (nSPS) is 21.7. The lowest BCUT2D eigenvalue weighted by Gasteiger charge is -2.44. The van der Waals surface area contributed by atoms with Crippen LogP contribution in [0.3, 0.4) is 0 Å². The summed E-state index contributed by atoms with van der Waals surface area (Å²) in [5, 5.41) is 4.45. The molecular formula is C23H32F3N5. The van der Waals surface area contributed by atoms with Crippen molar-refractivity contribution in [3.63, 3.8) is 0 Å². The third kappa shape index (κ3) is 5.41. The van der Waals surface area contributed by atoms with Gasteiger partial charge in [0.15, 0.2) is 0 Å². The van der Waals surface area contributed by atoms with Crippen molar-refractivity contribution in [1.29, 1.82) is 0 Å². The van der Waals surface area contributed by atoms with Crippen LogP contribution in [0.4, 0.5) is 18.9 Å². The summed E-state index contributed by atoms with van der Waals surface area (Å²) in [6.07, 6.45) is 2.18. The van der Waals surface area contributed by atoms with Crippen molar-refractivity contribution in [2.24, 2.45) is 0 Å². The molecule has 5 nitrogen and oxygen atoms in total. The van der Waals surface area contributed by atoms with Crippen LogP contribution in [-0.2, 0) is 12.7 Å². The fraction of sp³-hybridized carbons (Fsp3) is 0.609. The number of alkyl halides is 3. The standard InChI is InChI=1S/C23H32F3N5/c1-18(2)31-16-19(14-27-31)15-28-8-4-7-22(17-28)30-11-9-29(10-12-30)21-6-3-5-20(13-21)23(24,25)26/h3,5-6,13-14,16,18,22H,4,7-12,15,17H2,1-2H3. The highest BCUT2D eigenvalue weighted by Gasteiger charge is 2.32. The number of hydrogen-bond acceptors (Lipinski definition) is 4. The zero-order valence-electron chi connectivity index (χ0n) is 18.4. The first-order chi connectivity index (χ1) is 14.8. The van der Waals surface area contributed by atoms with Gasteiger partial charge in [0.1, 0.15) is 0 Å². The molecule has 1 atom stereocenters. The molecule has 0 amide bonds. The summed E-state index contributed by atoms with van der Waals surface area (Å²) in [7, 11) is 0. The van der Waals surface area contributed by atoms with Crippen LogP contribution in [0.15, 0.2) is 36.7 Å². The number of hydrogen-bond donors (Lipinski definition) is 0. The highest BCUT2D eigenvalue weighted by Crippen LogP contribution is 2.32. The fourth-order valence-electron chi connectivity index (χ4n) is 4.70. The van der Waals surface area contributed by atoms with Gasteiger partial charge in [0.25, 0.3) is 0 Å². The molecule has 2 aliphatic rings. The molecule has 0 N–H and O–H groups in total. The van der Waals surface area contributed by atoms with Crippen molar-refractivity contribution in [2.75, 3.05) is 44.2 Å². The van der Waals surface area contributed by atoms with E-state index >= 15 is 0 Å². The number of benzene rings is 1. The summed E-state index contributed by atoms with van der Waals surface area (Å²) in [5.74, 6) is 0. The van der Waals surface area contributed by atoms with E-state index in [1.54, 1.807) is 6.07 Å². The van der Waals surface area contributed by atoms with Crippen molar-refractivity contribution in [1.82, 2.24) is 19.6 Å². The van der Waals surface area contributed by atoms with E-state index in [-0.39, 0.29) is 0 Å². The first-order valence-corrected chi connectivity index (χ1v) is 11.2. The largest absolute Gasteiger partial charge is 0.416 e. The van der Waals surface area contributed by atoms with Gasteiger partial charge in [0.05, 0.1) is 11.8 Å². The molecule has 4 rings (SSSR count). The minimum Gasteiger partial charge on any atom is -0.369 e. The Balaban J connectivity index is 1.31. The highest BCUT2D eigenvalue weighted by atomic mass is 19.4. The first kappa shape index (κ1) is 22.1. The van der Waals surface area contributed by atoms with Crippen LogP contribution < -0.4 is 4.90 Å². The van der Waals surface area contributed by atoms with Crippen molar-refractivity contribution in [3.05, 3.63) is 47.8 Å². The van der Waals surface area contributed by atoms with Crippen molar-refractivity contribution in [3.8, 4) is 0 Å². The maximum atomic E-state index is 13.0. The molecule has 1 unspecified atom stereocenters. The molecule has 0 aliphatic carbocycles. The fourth-order valence-corrected chi connectivity index (χ4v) is 4.70. The predicted octanol–water partition coefficient (Wildman–Crippen LogP) is 4.27. The molecule has 0 spiro atoms. The summed E-state index contributed by atoms with van der Waals surface area (Å²) in [6, 6.07) is 6.58. The van der Waals surface area contributed by atoms with E-state index in [1.165, 1.54) is 30.5 Å². The quantitative estimate of drug-likeness (QED) is 0.701. The van der Waals surface area contributed by atoms with Crippen LogP contribution in [0.25, 0.3) is 0 Å². The molecule has 31 heavy (non-hydrogen) atoms. The number of aromatic nitrogens is 2. The van der Waals surface area contributed by atoms with Crippen molar-refractivity contribution in [2.45, 2.75) is 51.5 Å². The second-order valence-corrected chi connectivity index (χ2v) is 9.02. The molecule has 0 radical (unpaired) electrons. The van der Waals surface area contributed by atoms with Crippen LogP contribution >= 0.6 is 0 Å². The Kier molecular flexibility index (Phi) is 6.57. The highest BCUT2D eigenvalue weighted by molar-refractivity contribution is 5.49. The van der Waals surface area contributed by atoms with Gasteiger partial charge in [0, 0.05) is 68.8 Å². The van der Waals surface area contributed by atoms with Crippen LogP contribution in [0.2, 0.25) is 0 Å². The third-order valence-electron chi connectivity index (χ3n) is 6.44. The molecule has 170 valence electrons. The Morgan fingerprint density at radius 3 is 2.55 bits per heavy atom. The third-order valence-corrected chi connectivity index (χ3v) is 6.44. The summed E-state index contributed by atoms with van der Waals surface area (Å²) >= 11 is 0. The molecular weight excluding hydrogens is 403 g/mol. The lowest BCUT2D eigenvalue weighted by molar-refractivity contribution is -0.137. The average molecular weight is 436 g/mol. The molecule has 2 aliphatic heterocycles. The molecule has 8 heteroatoms. The molecule has 2 saturated heterocycles. The molecule has 2 aromatic rings. The van der Waals surface area contributed by atoms with Crippen LogP contribution in [0.5, 0.6) is 0 Å². The second kappa shape index (κ2) is 9.20. The minimum atomic E-state index is -4.30. The van der Waals surface area contributed by atoms with Gasteiger partial charge >= 0.3 is 6.18 Å².